The van der Waals surface area contributed by atoms with Crippen LogP contribution in [-0.2, 0) is 7.05 Å². The maximum absolute atomic E-state index is 9.03. The molecule has 0 bridgehead atoms. The Labute approximate surface area is 111 Å². The van der Waals surface area contributed by atoms with E-state index in [2.05, 4.69) is 4.57 Å². The molecule has 1 heterocycles. The van der Waals surface area contributed by atoms with E-state index >= 15 is 0 Å². The molecule has 0 fully saturated rings. The van der Waals surface area contributed by atoms with Crippen LogP contribution in [0.1, 0.15) is 11.3 Å². The van der Waals surface area contributed by atoms with Gasteiger partial charge in [-0.05, 0) is 19.1 Å². The standard InChI is InChI=1S/C14H13N3S/c1-9-12(7-10(8-15)14(16)18)11-5-3-4-6-13(11)17(9)2/h3-7H,1-2H3,(H2,16,18)/b10-7+. The molecule has 1 aromatic carbocycles. The van der Waals surface area contributed by atoms with Crippen LogP contribution in [0.2, 0.25) is 0 Å². The fourth-order valence-electron chi connectivity index (χ4n) is 2.04. The summed E-state index contributed by atoms with van der Waals surface area (Å²) in [6.45, 7) is 2.01. The molecule has 2 N–H and O–H groups in total. The van der Waals surface area contributed by atoms with Crippen LogP contribution in [0.5, 0.6) is 0 Å². The molecule has 2 aromatic rings. The molecule has 90 valence electrons. The van der Waals surface area contributed by atoms with Crippen LogP contribution >= 0.6 is 12.2 Å². The third-order valence-electron chi connectivity index (χ3n) is 3.12. The predicted octanol–water partition coefficient (Wildman–Crippen LogP) is 2.68. The molecule has 1 aromatic heterocycles. The number of aromatic nitrogens is 1. The Morgan fingerprint density at radius 3 is 2.72 bits per heavy atom. The number of nitrogens with zero attached hydrogens (tertiary/aromatic N) is 2. The number of aryl methyl sites for hydroxylation is 1. The molecule has 4 heteroatoms. The van der Waals surface area contributed by atoms with Crippen LogP contribution in [0.4, 0.5) is 0 Å². The number of hydrogen-bond acceptors (Lipinski definition) is 2. The van der Waals surface area contributed by atoms with Gasteiger partial charge in [0, 0.05) is 29.2 Å². The summed E-state index contributed by atoms with van der Waals surface area (Å²) in [5.74, 6) is 0. The van der Waals surface area contributed by atoms with Crippen LogP contribution in [0.15, 0.2) is 29.8 Å². The number of nitriles is 1. The largest absolute Gasteiger partial charge is 0.389 e. The lowest BCUT2D eigenvalue weighted by Crippen LogP contribution is -2.09. The molecular formula is C14H13N3S. The van der Waals surface area contributed by atoms with Gasteiger partial charge in [-0.1, -0.05) is 30.4 Å². The number of hydrogen-bond donors (Lipinski definition) is 1. The molecule has 0 radical (unpaired) electrons. The Morgan fingerprint density at radius 1 is 1.44 bits per heavy atom. The smallest absolute Gasteiger partial charge is 0.114 e. The molecule has 0 spiro atoms. The van der Waals surface area contributed by atoms with E-state index in [9.17, 15) is 0 Å². The third-order valence-corrected chi connectivity index (χ3v) is 3.34. The van der Waals surface area contributed by atoms with Crippen molar-refractivity contribution in [3.05, 3.63) is 41.1 Å². The first-order valence-corrected chi connectivity index (χ1v) is 5.92. The molecule has 0 unspecified atom stereocenters. The van der Waals surface area contributed by atoms with Crippen molar-refractivity contribution in [3.8, 4) is 6.07 Å². The molecule has 3 nitrogen and oxygen atoms in total. The van der Waals surface area contributed by atoms with Gasteiger partial charge in [-0.15, -0.1) is 0 Å². The second-order valence-corrected chi connectivity index (χ2v) is 4.55. The molecule has 0 aliphatic rings. The lowest BCUT2D eigenvalue weighted by Gasteiger charge is -1.98. The molecule has 0 aliphatic heterocycles. The van der Waals surface area contributed by atoms with Crippen LogP contribution < -0.4 is 5.73 Å². The number of nitrogens with two attached hydrogens (primary N) is 1. The van der Waals surface area contributed by atoms with Crippen molar-refractivity contribution in [2.75, 3.05) is 0 Å². The summed E-state index contributed by atoms with van der Waals surface area (Å²) in [5, 5.41) is 10.1. The van der Waals surface area contributed by atoms with E-state index < -0.39 is 0 Å². The maximum Gasteiger partial charge on any atom is 0.114 e. The average molecular weight is 255 g/mol. The van der Waals surface area contributed by atoms with Crippen LogP contribution in [0.25, 0.3) is 17.0 Å². The fourth-order valence-corrected chi connectivity index (χ4v) is 2.14. The number of rotatable bonds is 2. The summed E-state index contributed by atoms with van der Waals surface area (Å²) in [7, 11) is 2.00. The molecule has 0 saturated heterocycles. The van der Waals surface area contributed by atoms with Crippen molar-refractivity contribution in [2.45, 2.75) is 6.92 Å². The van der Waals surface area contributed by atoms with Gasteiger partial charge in [0.1, 0.15) is 11.1 Å². The SMILES string of the molecule is Cc1c(/C=C(\C#N)C(N)=S)c2ccccc2n1C. The molecule has 2 rings (SSSR count). The van der Waals surface area contributed by atoms with E-state index in [0.29, 0.717) is 5.57 Å². The highest BCUT2D eigenvalue weighted by molar-refractivity contribution is 7.80. The van der Waals surface area contributed by atoms with Gasteiger partial charge >= 0.3 is 0 Å². The predicted molar refractivity (Wildman–Crippen MR) is 78.0 cm³/mol. The average Bonchev–Trinajstić information content (AvgIpc) is 2.60. The van der Waals surface area contributed by atoms with E-state index in [-0.39, 0.29) is 4.99 Å². The Bertz CT molecular complexity index is 702. The summed E-state index contributed by atoms with van der Waals surface area (Å²) < 4.78 is 2.09. The number of fused-ring (bicyclic) bond motifs is 1. The second-order valence-electron chi connectivity index (χ2n) is 4.11. The highest BCUT2D eigenvalue weighted by Gasteiger charge is 2.11. The fraction of sp³-hybridized carbons (Fsp3) is 0.143. The van der Waals surface area contributed by atoms with Crippen molar-refractivity contribution in [1.82, 2.24) is 4.57 Å². The first-order chi connectivity index (χ1) is 8.56. The lowest BCUT2D eigenvalue weighted by atomic mass is 10.1. The van der Waals surface area contributed by atoms with E-state index in [4.69, 9.17) is 23.2 Å². The third kappa shape index (κ3) is 1.89. The Balaban J connectivity index is 2.77. The summed E-state index contributed by atoms with van der Waals surface area (Å²) in [5.41, 5.74) is 9.07. The monoisotopic (exact) mass is 255 g/mol. The minimum atomic E-state index is 0.129. The zero-order chi connectivity index (χ0) is 13.3. The van der Waals surface area contributed by atoms with Gasteiger partial charge in [-0.25, -0.2) is 0 Å². The lowest BCUT2D eigenvalue weighted by molar-refractivity contribution is 0.916. The van der Waals surface area contributed by atoms with Crippen molar-refractivity contribution in [2.24, 2.45) is 12.8 Å². The summed E-state index contributed by atoms with van der Waals surface area (Å²) in [4.78, 5) is 0.129. The first-order valence-electron chi connectivity index (χ1n) is 5.52. The van der Waals surface area contributed by atoms with Crippen molar-refractivity contribution >= 4 is 34.2 Å². The second kappa shape index (κ2) is 4.63. The van der Waals surface area contributed by atoms with Gasteiger partial charge in [0.25, 0.3) is 0 Å². The molecule has 0 amide bonds. The van der Waals surface area contributed by atoms with E-state index in [1.807, 2.05) is 44.3 Å². The highest BCUT2D eigenvalue weighted by Crippen LogP contribution is 2.26. The minimum absolute atomic E-state index is 0.129. The zero-order valence-corrected chi connectivity index (χ0v) is 11.1. The normalized spacial score (nSPS) is 11.5. The summed E-state index contributed by atoms with van der Waals surface area (Å²) >= 11 is 4.87. The minimum Gasteiger partial charge on any atom is -0.389 e. The van der Waals surface area contributed by atoms with E-state index in [1.165, 1.54) is 0 Å². The highest BCUT2D eigenvalue weighted by atomic mass is 32.1. The van der Waals surface area contributed by atoms with Crippen molar-refractivity contribution in [1.29, 1.82) is 5.26 Å². The van der Waals surface area contributed by atoms with Gasteiger partial charge in [-0.3, -0.25) is 0 Å². The van der Waals surface area contributed by atoms with Gasteiger partial charge in [-0.2, -0.15) is 5.26 Å². The number of thiocarbonyl (C=S) groups is 1. The summed E-state index contributed by atoms with van der Waals surface area (Å²) in [6.07, 6.45) is 1.76. The Kier molecular flexibility index (Phi) is 3.17. The van der Waals surface area contributed by atoms with Crippen LogP contribution in [0.3, 0.4) is 0 Å². The molecular weight excluding hydrogens is 242 g/mol. The molecule has 0 atom stereocenters. The van der Waals surface area contributed by atoms with Crippen LogP contribution in [0, 0.1) is 18.3 Å². The molecule has 0 saturated carbocycles. The Hall–Kier alpha value is -2.12. The van der Waals surface area contributed by atoms with E-state index in [0.717, 1.165) is 22.2 Å². The zero-order valence-electron chi connectivity index (χ0n) is 10.3. The van der Waals surface area contributed by atoms with Crippen molar-refractivity contribution in [3.63, 3.8) is 0 Å². The number of para-hydroxylation sites is 1. The molecule has 18 heavy (non-hydrogen) atoms. The van der Waals surface area contributed by atoms with Gasteiger partial charge in [0.15, 0.2) is 0 Å². The van der Waals surface area contributed by atoms with Gasteiger partial charge in [0.2, 0.25) is 0 Å². The maximum atomic E-state index is 9.03. The van der Waals surface area contributed by atoms with Gasteiger partial charge < -0.3 is 10.3 Å². The topological polar surface area (TPSA) is 54.7 Å². The van der Waals surface area contributed by atoms with Crippen molar-refractivity contribution < 1.29 is 0 Å². The quantitative estimate of drug-likeness (QED) is 0.510. The molecule has 0 aliphatic carbocycles. The number of benzene rings is 1. The Morgan fingerprint density at radius 2 is 2.11 bits per heavy atom. The summed E-state index contributed by atoms with van der Waals surface area (Å²) in [6, 6.07) is 10.1. The van der Waals surface area contributed by atoms with E-state index in [1.54, 1.807) is 6.08 Å². The van der Waals surface area contributed by atoms with Crippen LogP contribution in [-0.4, -0.2) is 9.56 Å². The first kappa shape index (κ1) is 12.3. The van der Waals surface area contributed by atoms with Gasteiger partial charge in [0.05, 0.1) is 5.57 Å².